The Morgan fingerprint density at radius 3 is 2.63 bits per heavy atom. The van der Waals surface area contributed by atoms with Crippen molar-refractivity contribution in [3.8, 4) is 0 Å². The van der Waals surface area contributed by atoms with Crippen LogP contribution in [0.2, 0.25) is 5.02 Å². The van der Waals surface area contributed by atoms with E-state index in [9.17, 15) is 8.42 Å². The highest BCUT2D eigenvalue weighted by atomic mass is 35.5. The number of benzene rings is 1. The summed E-state index contributed by atoms with van der Waals surface area (Å²) in [6.45, 7) is 1.90. The Kier molecular flexibility index (Phi) is 4.08. The highest BCUT2D eigenvalue weighted by Gasteiger charge is 2.31. The number of sulfone groups is 1. The number of hydrogen-bond donors (Lipinski definition) is 1. The minimum Gasteiger partial charge on any atom is -0.369 e. The average molecular weight is 303 g/mol. The quantitative estimate of drug-likeness (QED) is 0.927. The summed E-state index contributed by atoms with van der Waals surface area (Å²) >= 11 is 6.27. The van der Waals surface area contributed by atoms with Crippen molar-refractivity contribution in [1.29, 1.82) is 0 Å². The van der Waals surface area contributed by atoms with Gasteiger partial charge in [-0.2, -0.15) is 0 Å². The molecule has 1 saturated heterocycles. The number of nitrogens with two attached hydrogens (primary N) is 1. The largest absolute Gasteiger partial charge is 0.369 e. The number of halogens is 1. The Balaban J connectivity index is 2.23. The van der Waals surface area contributed by atoms with Crippen molar-refractivity contribution in [1.82, 2.24) is 0 Å². The van der Waals surface area contributed by atoms with Gasteiger partial charge >= 0.3 is 0 Å². The molecule has 0 saturated carbocycles. The summed E-state index contributed by atoms with van der Waals surface area (Å²) in [4.78, 5) is 1.96. The van der Waals surface area contributed by atoms with Gasteiger partial charge in [0.2, 0.25) is 0 Å². The van der Waals surface area contributed by atoms with Crippen LogP contribution in [0.15, 0.2) is 18.2 Å². The molecule has 2 atom stereocenters. The third kappa shape index (κ3) is 3.22. The molecule has 19 heavy (non-hydrogen) atoms. The molecule has 0 aliphatic carbocycles. The SMILES string of the molecule is CC(N)c1ccc(N(C)C2CCS(=O)(=O)C2)c(Cl)c1. The fraction of sp³-hybridized carbons (Fsp3) is 0.538. The van der Waals surface area contributed by atoms with Gasteiger partial charge in [-0.15, -0.1) is 0 Å². The van der Waals surface area contributed by atoms with Gasteiger partial charge in [0.05, 0.1) is 22.2 Å². The summed E-state index contributed by atoms with van der Waals surface area (Å²) in [5.41, 5.74) is 7.64. The van der Waals surface area contributed by atoms with Crippen LogP contribution in [0.4, 0.5) is 5.69 Å². The van der Waals surface area contributed by atoms with E-state index in [0.29, 0.717) is 11.4 Å². The minimum absolute atomic E-state index is 0.00338. The maximum absolute atomic E-state index is 11.5. The van der Waals surface area contributed by atoms with Crippen LogP contribution in [-0.4, -0.2) is 33.0 Å². The Bertz CT molecular complexity index is 572. The van der Waals surface area contributed by atoms with E-state index >= 15 is 0 Å². The lowest BCUT2D eigenvalue weighted by atomic mass is 10.1. The van der Waals surface area contributed by atoms with Crippen LogP contribution in [0, 0.1) is 0 Å². The first-order chi connectivity index (χ1) is 8.80. The van der Waals surface area contributed by atoms with Crippen LogP contribution in [0.5, 0.6) is 0 Å². The van der Waals surface area contributed by atoms with E-state index in [1.807, 2.05) is 37.1 Å². The molecular formula is C13H19ClN2O2S. The normalized spacial score (nSPS) is 23.3. The smallest absolute Gasteiger partial charge is 0.152 e. The molecule has 106 valence electrons. The predicted octanol–water partition coefficient (Wildman–Crippen LogP) is 1.98. The third-order valence-electron chi connectivity index (χ3n) is 3.63. The lowest BCUT2D eigenvalue weighted by molar-refractivity contribution is 0.601. The van der Waals surface area contributed by atoms with E-state index in [1.165, 1.54) is 0 Å². The summed E-state index contributed by atoms with van der Waals surface area (Å²) in [7, 11) is -1.00. The highest BCUT2D eigenvalue weighted by molar-refractivity contribution is 7.91. The molecule has 1 aromatic carbocycles. The molecule has 1 aromatic rings. The van der Waals surface area contributed by atoms with Gasteiger partial charge in [-0.05, 0) is 31.0 Å². The van der Waals surface area contributed by atoms with E-state index in [2.05, 4.69) is 0 Å². The lowest BCUT2D eigenvalue weighted by Crippen LogP contribution is -2.32. The summed E-state index contributed by atoms with van der Waals surface area (Å²) in [6.07, 6.45) is 0.657. The van der Waals surface area contributed by atoms with Crippen molar-refractivity contribution < 1.29 is 8.42 Å². The Labute approximate surface area is 119 Å². The second kappa shape index (κ2) is 5.31. The molecule has 0 spiro atoms. The second-order valence-corrected chi connectivity index (χ2v) is 7.80. The van der Waals surface area contributed by atoms with Crippen molar-refractivity contribution >= 4 is 27.1 Å². The fourth-order valence-corrected chi connectivity index (χ4v) is 4.47. The zero-order valence-corrected chi connectivity index (χ0v) is 12.7. The number of rotatable bonds is 3. The first kappa shape index (κ1) is 14.6. The maximum atomic E-state index is 11.5. The molecular weight excluding hydrogens is 284 g/mol. The fourth-order valence-electron chi connectivity index (χ4n) is 2.37. The van der Waals surface area contributed by atoms with Crippen LogP contribution in [0.25, 0.3) is 0 Å². The van der Waals surface area contributed by atoms with Gasteiger partial charge in [0.15, 0.2) is 9.84 Å². The maximum Gasteiger partial charge on any atom is 0.152 e. The molecule has 0 bridgehead atoms. The monoisotopic (exact) mass is 302 g/mol. The van der Waals surface area contributed by atoms with Crippen LogP contribution in [0.3, 0.4) is 0 Å². The molecule has 0 aromatic heterocycles. The van der Waals surface area contributed by atoms with Crippen molar-refractivity contribution in [2.75, 3.05) is 23.5 Å². The molecule has 2 rings (SSSR count). The van der Waals surface area contributed by atoms with Gasteiger partial charge in [-0.3, -0.25) is 0 Å². The molecule has 0 amide bonds. The molecule has 1 aliphatic heterocycles. The number of nitrogens with zero attached hydrogens (tertiary/aromatic N) is 1. The van der Waals surface area contributed by atoms with Crippen molar-refractivity contribution in [2.24, 2.45) is 5.73 Å². The summed E-state index contributed by atoms with van der Waals surface area (Å²) in [5.74, 6) is 0.465. The molecule has 4 nitrogen and oxygen atoms in total. The Morgan fingerprint density at radius 1 is 1.47 bits per heavy atom. The molecule has 2 unspecified atom stereocenters. The van der Waals surface area contributed by atoms with Crippen molar-refractivity contribution in [3.63, 3.8) is 0 Å². The molecule has 2 N–H and O–H groups in total. The highest BCUT2D eigenvalue weighted by Crippen LogP contribution is 2.31. The second-order valence-electron chi connectivity index (χ2n) is 5.17. The summed E-state index contributed by atoms with van der Waals surface area (Å²) in [5, 5.41) is 0.613. The molecule has 1 aliphatic rings. The van der Waals surface area contributed by atoms with Gasteiger partial charge in [0.25, 0.3) is 0 Å². The molecule has 1 fully saturated rings. The topological polar surface area (TPSA) is 63.4 Å². The predicted molar refractivity (Wildman–Crippen MR) is 79.5 cm³/mol. The molecule has 1 heterocycles. The molecule has 6 heteroatoms. The van der Waals surface area contributed by atoms with Gasteiger partial charge in [-0.25, -0.2) is 8.42 Å². The van der Waals surface area contributed by atoms with Gasteiger partial charge in [-0.1, -0.05) is 17.7 Å². The van der Waals surface area contributed by atoms with E-state index in [0.717, 1.165) is 11.3 Å². The van der Waals surface area contributed by atoms with E-state index < -0.39 is 9.84 Å². The first-order valence-corrected chi connectivity index (χ1v) is 8.48. The van der Waals surface area contributed by atoms with Gasteiger partial charge in [0.1, 0.15) is 0 Å². The minimum atomic E-state index is -2.89. The zero-order chi connectivity index (χ0) is 14.2. The van der Waals surface area contributed by atoms with Crippen LogP contribution >= 0.6 is 11.6 Å². The Hall–Kier alpha value is -0.780. The zero-order valence-electron chi connectivity index (χ0n) is 11.1. The third-order valence-corrected chi connectivity index (χ3v) is 5.69. The van der Waals surface area contributed by atoms with E-state index in [1.54, 1.807) is 0 Å². The van der Waals surface area contributed by atoms with Crippen LogP contribution < -0.4 is 10.6 Å². The Morgan fingerprint density at radius 2 is 2.16 bits per heavy atom. The van der Waals surface area contributed by atoms with E-state index in [-0.39, 0.29) is 23.6 Å². The number of hydrogen-bond acceptors (Lipinski definition) is 4. The van der Waals surface area contributed by atoms with Gasteiger partial charge < -0.3 is 10.6 Å². The van der Waals surface area contributed by atoms with Gasteiger partial charge in [0, 0.05) is 19.1 Å². The molecule has 0 radical (unpaired) electrons. The van der Waals surface area contributed by atoms with Crippen LogP contribution in [-0.2, 0) is 9.84 Å². The number of anilines is 1. The lowest BCUT2D eigenvalue weighted by Gasteiger charge is -2.27. The van der Waals surface area contributed by atoms with Crippen LogP contribution in [0.1, 0.15) is 24.9 Å². The summed E-state index contributed by atoms with van der Waals surface area (Å²) < 4.78 is 23.1. The average Bonchev–Trinajstić information content (AvgIpc) is 2.68. The van der Waals surface area contributed by atoms with Crippen molar-refractivity contribution in [2.45, 2.75) is 25.4 Å². The van der Waals surface area contributed by atoms with Crippen molar-refractivity contribution in [3.05, 3.63) is 28.8 Å². The standard InChI is InChI=1S/C13H19ClN2O2S/c1-9(15)10-3-4-13(12(14)7-10)16(2)11-5-6-19(17,18)8-11/h3-4,7,9,11H,5-6,8,15H2,1-2H3. The first-order valence-electron chi connectivity index (χ1n) is 6.28. The summed E-state index contributed by atoms with van der Waals surface area (Å²) in [6, 6.07) is 5.63. The van der Waals surface area contributed by atoms with E-state index in [4.69, 9.17) is 17.3 Å².